The first kappa shape index (κ1) is 20.9. The number of amides is 2. The summed E-state index contributed by atoms with van der Waals surface area (Å²) in [5.74, 6) is -0.508. The molecule has 0 fully saturated rings. The average molecular weight is 455 g/mol. The van der Waals surface area contributed by atoms with Gasteiger partial charge in [-0.15, -0.1) is 23.7 Å². The molecule has 0 bridgehead atoms. The lowest BCUT2D eigenvalue weighted by Crippen LogP contribution is -2.58. The van der Waals surface area contributed by atoms with Gasteiger partial charge < -0.3 is 5.32 Å². The van der Waals surface area contributed by atoms with Gasteiger partial charge in [0.1, 0.15) is 16.3 Å². The first-order valence-corrected chi connectivity index (χ1v) is 10.2. The van der Waals surface area contributed by atoms with Crippen LogP contribution in [0.3, 0.4) is 0 Å². The van der Waals surface area contributed by atoms with Crippen LogP contribution >= 0.6 is 47.1 Å². The van der Waals surface area contributed by atoms with E-state index in [9.17, 15) is 9.59 Å². The highest BCUT2D eigenvalue weighted by Gasteiger charge is 2.42. The molecule has 0 spiro atoms. The van der Waals surface area contributed by atoms with Crippen molar-refractivity contribution in [3.8, 4) is 0 Å². The van der Waals surface area contributed by atoms with Crippen molar-refractivity contribution < 1.29 is 9.59 Å². The van der Waals surface area contributed by atoms with Gasteiger partial charge in [-0.1, -0.05) is 17.7 Å². The number of thiophene rings is 1. The molecule has 1 aromatic carbocycles. The minimum absolute atomic E-state index is 0. The number of fused-ring (bicyclic) bond motifs is 1. The van der Waals surface area contributed by atoms with Crippen molar-refractivity contribution in [2.45, 2.75) is 19.4 Å². The van der Waals surface area contributed by atoms with Gasteiger partial charge in [0.05, 0.1) is 4.88 Å². The summed E-state index contributed by atoms with van der Waals surface area (Å²) in [4.78, 5) is 30.1. The molecule has 0 atom stereocenters. The third-order valence-corrected chi connectivity index (χ3v) is 6.12. The van der Waals surface area contributed by atoms with E-state index < -0.39 is 5.54 Å². The number of benzene rings is 1. The molecular formula is C18H16Cl2N4O2S2. The van der Waals surface area contributed by atoms with Gasteiger partial charge in [-0.3, -0.25) is 9.59 Å². The van der Waals surface area contributed by atoms with Gasteiger partial charge in [-0.2, -0.15) is 4.99 Å². The summed E-state index contributed by atoms with van der Waals surface area (Å²) in [5, 5.41) is 8.36. The summed E-state index contributed by atoms with van der Waals surface area (Å²) < 4.78 is 0. The SMILES string of the molecule is CC1(C)NN2C(=NC1=O)SC(NC(=O)c1ccc(Cl)cc1)=C2c1cccs1.Cl. The highest BCUT2D eigenvalue weighted by molar-refractivity contribution is 8.17. The lowest BCUT2D eigenvalue weighted by atomic mass is 10.1. The Kier molecular flexibility index (Phi) is 5.88. The number of rotatable bonds is 3. The molecule has 0 unspecified atom stereocenters. The smallest absolute Gasteiger partial charge is 0.269 e. The second kappa shape index (κ2) is 7.88. The molecular weight excluding hydrogens is 439 g/mol. The number of hydrogen-bond donors (Lipinski definition) is 2. The van der Waals surface area contributed by atoms with Crippen LogP contribution in [0.25, 0.3) is 5.70 Å². The van der Waals surface area contributed by atoms with E-state index in [1.165, 1.54) is 11.8 Å². The number of nitrogens with one attached hydrogen (secondary N) is 2. The molecule has 3 heterocycles. The topological polar surface area (TPSA) is 73.8 Å². The molecule has 1 aromatic heterocycles. The summed E-state index contributed by atoms with van der Waals surface area (Å²) >= 11 is 8.69. The zero-order valence-electron chi connectivity index (χ0n) is 14.9. The number of amidine groups is 1. The Morgan fingerprint density at radius 1 is 1.25 bits per heavy atom. The molecule has 4 rings (SSSR count). The molecule has 2 N–H and O–H groups in total. The van der Waals surface area contributed by atoms with Crippen LogP contribution in [0, 0.1) is 0 Å². The number of hydrazine groups is 1. The van der Waals surface area contributed by atoms with Crippen molar-refractivity contribution >= 4 is 69.8 Å². The molecule has 2 aliphatic rings. The Balaban J connectivity index is 0.00000225. The number of halogens is 2. The number of hydrogen-bond acceptors (Lipinski definition) is 6. The maximum absolute atomic E-state index is 12.7. The van der Waals surface area contributed by atoms with Gasteiger partial charge in [0, 0.05) is 10.6 Å². The zero-order valence-corrected chi connectivity index (χ0v) is 18.1. The lowest BCUT2D eigenvalue weighted by Gasteiger charge is -2.35. The first-order valence-electron chi connectivity index (χ1n) is 8.09. The number of carbonyl (C=O) groups excluding carboxylic acids is 2. The van der Waals surface area contributed by atoms with Crippen LogP contribution in [-0.4, -0.2) is 27.5 Å². The summed E-state index contributed by atoms with van der Waals surface area (Å²) in [7, 11) is 0. The fourth-order valence-electron chi connectivity index (χ4n) is 2.61. The highest BCUT2D eigenvalue weighted by atomic mass is 35.5. The molecule has 10 heteroatoms. The van der Waals surface area contributed by atoms with Gasteiger partial charge in [0.2, 0.25) is 0 Å². The van der Waals surface area contributed by atoms with Crippen molar-refractivity contribution in [3.05, 3.63) is 62.3 Å². The normalized spacial score (nSPS) is 17.8. The summed E-state index contributed by atoms with van der Waals surface area (Å²) in [6.07, 6.45) is 0. The van der Waals surface area contributed by atoms with Crippen LogP contribution in [0.4, 0.5) is 0 Å². The number of thioether (sulfide) groups is 1. The van der Waals surface area contributed by atoms with E-state index in [1.54, 1.807) is 54.5 Å². The largest absolute Gasteiger partial charge is 0.314 e. The second-order valence-electron chi connectivity index (χ2n) is 6.49. The quantitative estimate of drug-likeness (QED) is 0.729. The molecule has 2 aromatic rings. The van der Waals surface area contributed by atoms with Crippen molar-refractivity contribution in [1.82, 2.24) is 15.8 Å². The lowest BCUT2D eigenvalue weighted by molar-refractivity contribution is -0.124. The van der Waals surface area contributed by atoms with Crippen LogP contribution in [0.2, 0.25) is 5.02 Å². The molecule has 2 aliphatic heterocycles. The van der Waals surface area contributed by atoms with Gasteiger partial charge in [-0.05, 0) is 61.3 Å². The Morgan fingerprint density at radius 3 is 2.61 bits per heavy atom. The molecule has 0 aliphatic carbocycles. The summed E-state index contributed by atoms with van der Waals surface area (Å²) in [5.41, 5.74) is 3.64. The highest BCUT2D eigenvalue weighted by Crippen LogP contribution is 2.41. The van der Waals surface area contributed by atoms with E-state index in [2.05, 4.69) is 15.7 Å². The third-order valence-electron chi connectivity index (χ3n) is 4.03. The van der Waals surface area contributed by atoms with Crippen molar-refractivity contribution in [2.24, 2.45) is 4.99 Å². The van der Waals surface area contributed by atoms with E-state index in [0.29, 0.717) is 20.8 Å². The number of aliphatic imine (C=N–C) groups is 1. The van der Waals surface area contributed by atoms with Crippen LogP contribution in [-0.2, 0) is 4.79 Å². The standard InChI is InChI=1S/C18H15ClN4O2S2.ClH/c1-18(2)16(25)21-17-23(22-18)13(12-4-3-9-26-12)15(27-17)20-14(24)10-5-7-11(19)8-6-10;/h3-9,22H,1-2H3,(H,20,24);1H. The molecule has 146 valence electrons. The molecule has 2 amide bonds. The second-order valence-corrected chi connectivity index (χ2v) is 8.85. The van der Waals surface area contributed by atoms with Gasteiger partial charge in [0.25, 0.3) is 11.8 Å². The molecule has 6 nitrogen and oxygen atoms in total. The van der Waals surface area contributed by atoms with Gasteiger partial charge in [-0.25, -0.2) is 10.4 Å². The van der Waals surface area contributed by atoms with Crippen LogP contribution in [0.15, 0.2) is 51.8 Å². The van der Waals surface area contributed by atoms with Crippen LogP contribution < -0.4 is 10.7 Å². The first-order chi connectivity index (χ1) is 12.8. The maximum Gasteiger partial charge on any atom is 0.269 e. The zero-order chi connectivity index (χ0) is 19.2. The van der Waals surface area contributed by atoms with Crippen LogP contribution in [0.5, 0.6) is 0 Å². The fraction of sp³-hybridized carbons (Fsp3) is 0.167. The van der Waals surface area contributed by atoms with E-state index in [4.69, 9.17) is 11.6 Å². The molecule has 28 heavy (non-hydrogen) atoms. The van der Waals surface area contributed by atoms with Crippen molar-refractivity contribution in [1.29, 1.82) is 0 Å². The summed E-state index contributed by atoms with van der Waals surface area (Å²) in [6.45, 7) is 3.55. The monoisotopic (exact) mass is 454 g/mol. The average Bonchev–Trinajstić information content (AvgIpc) is 3.23. The minimum Gasteiger partial charge on any atom is -0.314 e. The van der Waals surface area contributed by atoms with Gasteiger partial charge >= 0.3 is 0 Å². The Labute approximate surface area is 181 Å². The predicted molar refractivity (Wildman–Crippen MR) is 116 cm³/mol. The Bertz CT molecular complexity index is 986. The predicted octanol–water partition coefficient (Wildman–Crippen LogP) is 4.11. The number of nitrogens with zero attached hydrogens (tertiary/aromatic N) is 2. The minimum atomic E-state index is -0.831. The van der Waals surface area contributed by atoms with E-state index in [0.717, 1.165) is 10.6 Å². The van der Waals surface area contributed by atoms with Crippen LogP contribution in [0.1, 0.15) is 29.1 Å². The van der Waals surface area contributed by atoms with E-state index in [-0.39, 0.29) is 24.2 Å². The maximum atomic E-state index is 12.7. The fourth-order valence-corrected chi connectivity index (χ4v) is 4.55. The van der Waals surface area contributed by atoms with Crippen molar-refractivity contribution in [3.63, 3.8) is 0 Å². The Hall–Kier alpha value is -1.84. The molecule has 0 radical (unpaired) electrons. The molecule has 0 saturated heterocycles. The van der Waals surface area contributed by atoms with Crippen molar-refractivity contribution in [2.75, 3.05) is 0 Å². The summed E-state index contributed by atoms with van der Waals surface area (Å²) in [6, 6.07) is 10.6. The molecule has 0 saturated carbocycles. The van der Waals surface area contributed by atoms with Gasteiger partial charge in [0.15, 0.2) is 5.17 Å². The van der Waals surface area contributed by atoms with E-state index in [1.807, 2.05) is 17.5 Å². The van der Waals surface area contributed by atoms with E-state index >= 15 is 0 Å². The Morgan fingerprint density at radius 2 is 1.96 bits per heavy atom. The number of carbonyl (C=O) groups is 2. The third kappa shape index (κ3) is 3.83.